The number of aliphatic imine (C=N–C) groups is 1. The van der Waals surface area contributed by atoms with Gasteiger partial charge in [-0.2, -0.15) is 0 Å². The van der Waals surface area contributed by atoms with Crippen LogP contribution in [0.5, 0.6) is 0 Å². The van der Waals surface area contributed by atoms with Gasteiger partial charge in [-0.1, -0.05) is 17.9 Å². The van der Waals surface area contributed by atoms with Gasteiger partial charge in [0, 0.05) is 25.5 Å². The van der Waals surface area contributed by atoms with E-state index in [0.717, 1.165) is 17.9 Å². The van der Waals surface area contributed by atoms with Crippen molar-refractivity contribution in [3.05, 3.63) is 59.7 Å². The Hall–Kier alpha value is -1.96. The van der Waals surface area contributed by atoms with Crippen molar-refractivity contribution in [2.24, 2.45) is 4.99 Å². The molecule has 0 bridgehead atoms. The van der Waals surface area contributed by atoms with Crippen molar-refractivity contribution in [2.45, 2.75) is 6.54 Å². The molecule has 3 heteroatoms. The predicted octanol–water partition coefficient (Wildman–Crippen LogP) is 1.85. The summed E-state index contributed by atoms with van der Waals surface area (Å²) < 4.78 is 0. The molecule has 0 saturated heterocycles. The van der Waals surface area contributed by atoms with Gasteiger partial charge in [0.1, 0.15) is 0 Å². The standard InChI is InChI=1S/C13H13N3/c1-2-6-12(15-8-4-1)10-14-11-13-7-3-5-9-16-13/h1-5,7-9,14H,10-11H2. The van der Waals surface area contributed by atoms with Gasteiger partial charge in [-0.25, -0.2) is 0 Å². The number of allylic oxidation sites excluding steroid dienone is 2. The molecule has 0 saturated carbocycles. The fraction of sp³-hybridized carbons (Fsp3) is 0.154. The normalized spacial score (nSPS) is 13.6. The molecule has 16 heavy (non-hydrogen) atoms. The minimum absolute atomic E-state index is 0.700. The first-order valence-corrected chi connectivity index (χ1v) is 5.21. The van der Waals surface area contributed by atoms with Crippen LogP contribution in [-0.2, 0) is 6.54 Å². The zero-order valence-electron chi connectivity index (χ0n) is 8.93. The van der Waals surface area contributed by atoms with Gasteiger partial charge >= 0.3 is 0 Å². The van der Waals surface area contributed by atoms with Crippen molar-refractivity contribution in [3.63, 3.8) is 0 Å². The second-order valence-corrected chi connectivity index (χ2v) is 3.35. The molecular weight excluding hydrogens is 198 g/mol. The minimum Gasteiger partial charge on any atom is -0.305 e. The largest absolute Gasteiger partial charge is 0.305 e. The van der Waals surface area contributed by atoms with Crippen molar-refractivity contribution in [1.82, 2.24) is 10.3 Å². The number of nitrogens with zero attached hydrogens (tertiary/aromatic N) is 2. The summed E-state index contributed by atoms with van der Waals surface area (Å²) in [6.07, 6.45) is 9.23. The lowest BCUT2D eigenvalue weighted by Crippen LogP contribution is -2.16. The molecule has 0 amide bonds. The topological polar surface area (TPSA) is 37.3 Å². The van der Waals surface area contributed by atoms with Crippen LogP contribution in [0.3, 0.4) is 0 Å². The van der Waals surface area contributed by atoms with E-state index in [-0.39, 0.29) is 0 Å². The maximum Gasteiger partial charge on any atom is 0.0958 e. The van der Waals surface area contributed by atoms with Crippen LogP contribution in [0.25, 0.3) is 0 Å². The first-order valence-electron chi connectivity index (χ1n) is 5.21. The van der Waals surface area contributed by atoms with Gasteiger partial charge < -0.3 is 5.32 Å². The Bertz CT molecular complexity index is 451. The first kappa shape index (κ1) is 10.6. The SMILES string of the molecule is C1=CC=CC=NC=1CNCc1ccccn1. The minimum atomic E-state index is 0.700. The Morgan fingerprint density at radius 2 is 2.19 bits per heavy atom. The van der Waals surface area contributed by atoms with Gasteiger partial charge in [-0.05, 0) is 24.3 Å². The molecule has 0 aromatic carbocycles. The second kappa shape index (κ2) is 5.81. The van der Waals surface area contributed by atoms with Crippen molar-refractivity contribution in [2.75, 3.05) is 6.54 Å². The van der Waals surface area contributed by atoms with Crippen molar-refractivity contribution >= 4 is 6.21 Å². The molecule has 0 radical (unpaired) electrons. The monoisotopic (exact) mass is 211 g/mol. The highest BCUT2D eigenvalue weighted by Crippen LogP contribution is 1.97. The summed E-state index contributed by atoms with van der Waals surface area (Å²) in [5, 5.41) is 3.28. The summed E-state index contributed by atoms with van der Waals surface area (Å²) in [5.41, 5.74) is 5.03. The lowest BCUT2D eigenvalue weighted by atomic mass is 10.3. The van der Waals surface area contributed by atoms with E-state index in [1.807, 2.05) is 36.4 Å². The molecule has 2 heterocycles. The van der Waals surface area contributed by atoms with E-state index in [1.54, 1.807) is 12.4 Å². The number of pyridine rings is 1. The molecule has 3 nitrogen and oxygen atoms in total. The number of aromatic nitrogens is 1. The molecule has 80 valence electrons. The van der Waals surface area contributed by atoms with Crippen LogP contribution >= 0.6 is 0 Å². The zero-order valence-corrected chi connectivity index (χ0v) is 8.93. The third kappa shape index (κ3) is 3.31. The summed E-state index contributed by atoms with van der Waals surface area (Å²) in [7, 11) is 0. The third-order valence-corrected chi connectivity index (χ3v) is 2.10. The second-order valence-electron chi connectivity index (χ2n) is 3.35. The summed E-state index contributed by atoms with van der Waals surface area (Å²) in [5.74, 6) is 0. The molecule has 1 aliphatic rings. The highest BCUT2D eigenvalue weighted by atomic mass is 14.9. The van der Waals surface area contributed by atoms with E-state index in [2.05, 4.69) is 21.0 Å². The van der Waals surface area contributed by atoms with Crippen molar-refractivity contribution in [3.8, 4) is 0 Å². The van der Waals surface area contributed by atoms with Crippen LogP contribution in [0, 0.1) is 0 Å². The Kier molecular flexibility index (Phi) is 3.83. The lowest BCUT2D eigenvalue weighted by molar-refractivity contribution is 0.720. The quantitative estimate of drug-likeness (QED) is 0.772. The fourth-order valence-electron chi connectivity index (χ4n) is 1.33. The molecule has 1 aliphatic heterocycles. The molecule has 1 aromatic rings. The maximum atomic E-state index is 4.23. The summed E-state index contributed by atoms with van der Waals surface area (Å²) in [6, 6.07) is 5.89. The van der Waals surface area contributed by atoms with Gasteiger partial charge in [0.05, 0.1) is 11.4 Å². The Balaban J connectivity index is 1.83. The number of hydrogen-bond donors (Lipinski definition) is 1. The highest BCUT2D eigenvalue weighted by Gasteiger charge is 1.95. The molecule has 0 atom stereocenters. The summed E-state index contributed by atoms with van der Waals surface area (Å²) in [4.78, 5) is 8.46. The van der Waals surface area contributed by atoms with Crippen LogP contribution in [0.2, 0.25) is 0 Å². The van der Waals surface area contributed by atoms with E-state index in [0.29, 0.717) is 6.54 Å². The Morgan fingerprint density at radius 3 is 3.06 bits per heavy atom. The van der Waals surface area contributed by atoms with Gasteiger partial charge in [-0.3, -0.25) is 9.98 Å². The molecule has 1 N–H and O–H groups in total. The zero-order chi connectivity index (χ0) is 11.1. The van der Waals surface area contributed by atoms with Crippen LogP contribution in [-0.4, -0.2) is 17.7 Å². The number of hydrogen-bond acceptors (Lipinski definition) is 3. The van der Waals surface area contributed by atoms with Crippen molar-refractivity contribution in [1.29, 1.82) is 0 Å². The fourth-order valence-corrected chi connectivity index (χ4v) is 1.33. The third-order valence-electron chi connectivity index (χ3n) is 2.10. The first-order chi connectivity index (χ1) is 7.95. The van der Waals surface area contributed by atoms with Crippen LogP contribution < -0.4 is 5.32 Å². The molecular formula is C13H13N3. The molecule has 0 aliphatic carbocycles. The molecule has 2 rings (SSSR count). The summed E-state index contributed by atoms with van der Waals surface area (Å²) in [6.45, 7) is 1.44. The van der Waals surface area contributed by atoms with Gasteiger partial charge in [0.25, 0.3) is 0 Å². The predicted molar refractivity (Wildman–Crippen MR) is 65.2 cm³/mol. The van der Waals surface area contributed by atoms with E-state index < -0.39 is 0 Å². The highest BCUT2D eigenvalue weighted by molar-refractivity contribution is 5.73. The van der Waals surface area contributed by atoms with Gasteiger partial charge in [-0.15, -0.1) is 0 Å². The van der Waals surface area contributed by atoms with E-state index in [1.165, 1.54) is 0 Å². The van der Waals surface area contributed by atoms with Gasteiger partial charge in [0.2, 0.25) is 0 Å². The summed E-state index contributed by atoms with van der Waals surface area (Å²) >= 11 is 0. The number of nitrogens with one attached hydrogen (secondary N) is 1. The molecule has 0 unspecified atom stereocenters. The van der Waals surface area contributed by atoms with Crippen LogP contribution in [0.15, 0.2) is 59.0 Å². The number of rotatable bonds is 4. The Morgan fingerprint density at radius 1 is 1.19 bits per heavy atom. The average Bonchev–Trinajstić information content (AvgIpc) is 2.59. The Labute approximate surface area is 94.9 Å². The van der Waals surface area contributed by atoms with Gasteiger partial charge in [0.15, 0.2) is 0 Å². The van der Waals surface area contributed by atoms with E-state index in [4.69, 9.17) is 0 Å². The smallest absolute Gasteiger partial charge is 0.0958 e. The van der Waals surface area contributed by atoms with Crippen LogP contribution in [0.1, 0.15) is 5.69 Å². The lowest BCUT2D eigenvalue weighted by Gasteiger charge is -2.02. The average molecular weight is 211 g/mol. The van der Waals surface area contributed by atoms with E-state index in [9.17, 15) is 0 Å². The molecule has 1 aromatic heterocycles. The molecule has 0 spiro atoms. The van der Waals surface area contributed by atoms with E-state index >= 15 is 0 Å². The maximum absolute atomic E-state index is 4.23. The van der Waals surface area contributed by atoms with Crippen molar-refractivity contribution < 1.29 is 0 Å². The molecule has 0 fully saturated rings. The van der Waals surface area contributed by atoms with Crippen LogP contribution in [0.4, 0.5) is 0 Å².